The first-order valence-electron chi connectivity index (χ1n) is 8.39. The van der Waals surface area contributed by atoms with E-state index in [2.05, 4.69) is 26.5 Å². The Kier molecular flexibility index (Phi) is 7.11. The minimum absolute atomic E-state index is 0.000969. The number of halogens is 1. The minimum Gasteiger partial charge on any atom is -0.872 e. The van der Waals surface area contributed by atoms with E-state index in [4.69, 9.17) is 4.74 Å². The maximum absolute atomic E-state index is 12.0. The molecule has 0 saturated carbocycles. The van der Waals surface area contributed by atoms with Gasteiger partial charge < -0.3 is 9.84 Å². The molecule has 1 amide bonds. The summed E-state index contributed by atoms with van der Waals surface area (Å²) in [5.74, 6) is -0.149. The van der Waals surface area contributed by atoms with E-state index in [1.165, 1.54) is 0 Å². The van der Waals surface area contributed by atoms with E-state index in [1.54, 1.807) is 0 Å². The largest absolute Gasteiger partial charge is 0.872 e. The second-order valence-corrected chi connectivity index (χ2v) is 7.21. The monoisotopic (exact) mass is 448 g/mol. The zero-order valence-electron chi connectivity index (χ0n) is 15.6. The Morgan fingerprint density at radius 2 is 2.07 bits per heavy atom. The van der Waals surface area contributed by atoms with Crippen LogP contribution in [0.15, 0.2) is 39.9 Å². The Hall–Kier alpha value is -2.94. The highest BCUT2D eigenvalue weighted by atomic mass is 79.9. The quantitative estimate of drug-likeness (QED) is 0.395. The normalized spacial score (nSPS) is 11.0. The fourth-order valence-electron chi connectivity index (χ4n) is 2.35. The van der Waals surface area contributed by atoms with Crippen LogP contribution in [0.4, 0.5) is 5.69 Å². The highest BCUT2D eigenvalue weighted by molar-refractivity contribution is 9.10. The predicted octanol–water partition coefficient (Wildman–Crippen LogP) is 3.39. The lowest BCUT2D eigenvalue weighted by molar-refractivity contribution is -0.385. The van der Waals surface area contributed by atoms with Gasteiger partial charge in [0.25, 0.3) is 11.6 Å². The molecule has 0 atom stereocenters. The number of nitrogens with zero attached hydrogens (tertiary/aromatic N) is 2. The van der Waals surface area contributed by atoms with Crippen molar-refractivity contribution in [3.63, 3.8) is 0 Å². The highest BCUT2D eigenvalue weighted by Crippen LogP contribution is 2.32. The van der Waals surface area contributed by atoms with E-state index in [0.29, 0.717) is 5.75 Å². The lowest BCUT2D eigenvalue weighted by Crippen LogP contribution is -2.25. The Morgan fingerprint density at radius 1 is 1.36 bits per heavy atom. The van der Waals surface area contributed by atoms with Gasteiger partial charge in [-0.2, -0.15) is 5.10 Å². The number of carbonyl (C=O) groups excluding carboxylic acids is 1. The van der Waals surface area contributed by atoms with Crippen molar-refractivity contribution >= 4 is 33.7 Å². The number of non-ortho nitro benzene ring substituents is 1. The van der Waals surface area contributed by atoms with E-state index in [9.17, 15) is 20.0 Å². The number of nitro benzene ring substituents is 1. The minimum atomic E-state index is -0.615. The lowest BCUT2D eigenvalue weighted by atomic mass is 10.0. The first kappa shape index (κ1) is 21.4. The van der Waals surface area contributed by atoms with Crippen molar-refractivity contribution in [2.24, 2.45) is 5.10 Å². The number of rotatable bonds is 7. The third-order valence-electron chi connectivity index (χ3n) is 3.87. The molecule has 0 bridgehead atoms. The van der Waals surface area contributed by atoms with Gasteiger partial charge in [0.2, 0.25) is 0 Å². The first-order valence-corrected chi connectivity index (χ1v) is 9.18. The van der Waals surface area contributed by atoms with Gasteiger partial charge >= 0.3 is 0 Å². The van der Waals surface area contributed by atoms with E-state index < -0.39 is 16.6 Å². The van der Waals surface area contributed by atoms with Crippen LogP contribution < -0.4 is 15.3 Å². The van der Waals surface area contributed by atoms with Crippen LogP contribution in [-0.2, 0) is 4.79 Å². The number of aryl methyl sites for hydroxylation is 1. The molecule has 0 fully saturated rings. The Balaban J connectivity index is 2.01. The molecule has 9 heteroatoms. The first-order chi connectivity index (χ1) is 13.2. The van der Waals surface area contributed by atoms with Gasteiger partial charge in [-0.25, -0.2) is 5.43 Å². The van der Waals surface area contributed by atoms with Gasteiger partial charge in [0.05, 0.1) is 11.1 Å². The van der Waals surface area contributed by atoms with Crippen molar-refractivity contribution in [1.82, 2.24) is 5.43 Å². The molecule has 8 nitrogen and oxygen atoms in total. The average Bonchev–Trinajstić information content (AvgIpc) is 2.63. The van der Waals surface area contributed by atoms with Crippen molar-refractivity contribution in [3.8, 4) is 11.5 Å². The van der Waals surface area contributed by atoms with Crippen LogP contribution in [0.3, 0.4) is 0 Å². The summed E-state index contributed by atoms with van der Waals surface area (Å²) in [6.07, 6.45) is 1.07. The Labute approximate surface area is 170 Å². The third kappa shape index (κ3) is 5.53. The van der Waals surface area contributed by atoms with Crippen LogP contribution in [0.2, 0.25) is 0 Å². The van der Waals surface area contributed by atoms with E-state index in [1.807, 2.05) is 32.9 Å². The molecule has 0 unspecified atom stereocenters. The van der Waals surface area contributed by atoms with Gasteiger partial charge in [-0.1, -0.05) is 41.6 Å². The number of amides is 1. The molecular formula is C19H19BrN3O5-. The number of carbonyl (C=O) groups is 1. The standard InChI is InChI=1S/C19H20BrN3O5/c1-11(2)15-8-16(20)12(3)6-18(15)28-10-19(25)22-21-9-13-7-14(23(26)27)4-5-17(13)24/h4-9,11,24H,10H2,1-3H3,(H,22,25)/p-1/b21-9-. The Bertz CT molecular complexity index is 928. The van der Waals surface area contributed by atoms with Crippen LogP contribution in [0.25, 0.3) is 0 Å². The molecule has 0 aliphatic heterocycles. The van der Waals surface area contributed by atoms with E-state index in [-0.39, 0.29) is 23.8 Å². The third-order valence-corrected chi connectivity index (χ3v) is 4.72. The number of ether oxygens (including phenoxy) is 1. The maximum atomic E-state index is 12.0. The highest BCUT2D eigenvalue weighted by Gasteiger charge is 2.12. The van der Waals surface area contributed by atoms with Crippen molar-refractivity contribution in [1.29, 1.82) is 0 Å². The van der Waals surface area contributed by atoms with Gasteiger partial charge in [0, 0.05) is 16.6 Å². The molecule has 2 aromatic rings. The molecule has 2 rings (SSSR count). The summed E-state index contributed by atoms with van der Waals surface area (Å²) in [6, 6.07) is 7.09. The molecule has 0 aromatic heterocycles. The van der Waals surface area contributed by atoms with Crippen LogP contribution in [0.5, 0.6) is 11.5 Å². The molecule has 0 aliphatic rings. The van der Waals surface area contributed by atoms with Crippen molar-refractivity contribution in [2.75, 3.05) is 6.61 Å². The zero-order valence-corrected chi connectivity index (χ0v) is 17.1. The summed E-state index contributed by atoms with van der Waals surface area (Å²) in [6.45, 7) is 5.70. The molecule has 28 heavy (non-hydrogen) atoms. The number of hydrogen-bond donors (Lipinski definition) is 1. The average molecular weight is 449 g/mol. The fraction of sp³-hybridized carbons (Fsp3) is 0.263. The molecular weight excluding hydrogens is 430 g/mol. The van der Waals surface area contributed by atoms with Gasteiger partial charge in [0.1, 0.15) is 5.75 Å². The summed E-state index contributed by atoms with van der Waals surface area (Å²) in [4.78, 5) is 22.1. The molecule has 148 valence electrons. The second-order valence-electron chi connectivity index (χ2n) is 6.36. The number of benzene rings is 2. The summed E-state index contributed by atoms with van der Waals surface area (Å²) < 4.78 is 6.58. The summed E-state index contributed by atoms with van der Waals surface area (Å²) in [7, 11) is 0. The van der Waals surface area contributed by atoms with Gasteiger partial charge in [-0.3, -0.25) is 14.9 Å². The van der Waals surface area contributed by atoms with Crippen LogP contribution in [-0.4, -0.2) is 23.7 Å². The molecule has 0 saturated heterocycles. The number of hydrogen-bond acceptors (Lipinski definition) is 6. The van der Waals surface area contributed by atoms with Crippen molar-refractivity contribution in [3.05, 3.63) is 61.6 Å². The zero-order chi connectivity index (χ0) is 20.8. The number of hydrazone groups is 1. The molecule has 0 heterocycles. The van der Waals surface area contributed by atoms with Crippen molar-refractivity contribution < 1.29 is 19.6 Å². The summed E-state index contributed by atoms with van der Waals surface area (Å²) in [5.41, 5.74) is 3.94. The van der Waals surface area contributed by atoms with E-state index in [0.717, 1.165) is 40.0 Å². The van der Waals surface area contributed by atoms with Crippen LogP contribution in [0, 0.1) is 17.0 Å². The van der Waals surface area contributed by atoms with Crippen molar-refractivity contribution in [2.45, 2.75) is 26.7 Å². The lowest BCUT2D eigenvalue weighted by Gasteiger charge is -2.15. The number of nitrogens with one attached hydrogen (secondary N) is 1. The molecule has 2 aromatic carbocycles. The predicted molar refractivity (Wildman–Crippen MR) is 107 cm³/mol. The van der Waals surface area contributed by atoms with Gasteiger partial charge in [0.15, 0.2) is 6.61 Å². The fourth-order valence-corrected chi connectivity index (χ4v) is 2.71. The van der Waals surface area contributed by atoms with Crippen LogP contribution in [0.1, 0.15) is 36.5 Å². The van der Waals surface area contributed by atoms with Gasteiger partial charge in [-0.05, 0) is 41.7 Å². The Morgan fingerprint density at radius 3 is 2.71 bits per heavy atom. The molecule has 0 aliphatic carbocycles. The molecule has 0 radical (unpaired) electrons. The SMILES string of the molecule is Cc1cc(OCC(=O)N/N=C\c2cc([N+](=O)[O-])ccc2[O-])c(C(C)C)cc1Br. The topological polar surface area (TPSA) is 117 Å². The number of nitro groups is 1. The van der Waals surface area contributed by atoms with Crippen LogP contribution >= 0.6 is 15.9 Å². The summed E-state index contributed by atoms with van der Waals surface area (Å²) in [5, 5.41) is 26.1. The van der Waals surface area contributed by atoms with E-state index >= 15 is 0 Å². The summed E-state index contributed by atoms with van der Waals surface area (Å²) >= 11 is 3.48. The smallest absolute Gasteiger partial charge is 0.277 e. The maximum Gasteiger partial charge on any atom is 0.277 e. The van der Waals surface area contributed by atoms with Gasteiger partial charge in [-0.15, -0.1) is 0 Å². The molecule has 0 spiro atoms. The second kappa shape index (κ2) is 9.32. The molecule has 1 N–H and O–H groups in total.